The zero-order chi connectivity index (χ0) is 11.4. The monoisotopic (exact) mass is 232 g/mol. The highest BCUT2D eigenvalue weighted by molar-refractivity contribution is 8.01. The van der Waals surface area contributed by atoms with Crippen molar-refractivity contribution < 1.29 is 0 Å². The standard InChI is InChI=1S/C12H24S2/c1-10(8-13-11(2,3)4)9-14-12(5,6)7/h1,8-9H2,2-7H3. The first-order valence-electron chi connectivity index (χ1n) is 5.05. The Balaban J connectivity index is 3.68. The van der Waals surface area contributed by atoms with Crippen LogP contribution in [0.1, 0.15) is 41.5 Å². The molecule has 0 aromatic carbocycles. The van der Waals surface area contributed by atoms with Crippen LogP contribution in [0.25, 0.3) is 0 Å². The van der Waals surface area contributed by atoms with Crippen molar-refractivity contribution in [1.29, 1.82) is 0 Å². The van der Waals surface area contributed by atoms with Gasteiger partial charge in [0.1, 0.15) is 0 Å². The minimum atomic E-state index is 0.356. The van der Waals surface area contributed by atoms with Crippen LogP contribution in [0.2, 0.25) is 0 Å². The van der Waals surface area contributed by atoms with Gasteiger partial charge < -0.3 is 0 Å². The van der Waals surface area contributed by atoms with Crippen LogP contribution in [0.5, 0.6) is 0 Å². The predicted octanol–water partition coefficient (Wildman–Crippen LogP) is 4.61. The molecule has 0 heterocycles. The summed E-state index contributed by atoms with van der Waals surface area (Å²) >= 11 is 3.96. The summed E-state index contributed by atoms with van der Waals surface area (Å²) in [7, 11) is 0. The minimum Gasteiger partial charge on any atom is -0.152 e. The van der Waals surface area contributed by atoms with E-state index >= 15 is 0 Å². The maximum absolute atomic E-state index is 4.12. The van der Waals surface area contributed by atoms with E-state index in [2.05, 4.69) is 48.1 Å². The molecule has 0 saturated heterocycles. The van der Waals surface area contributed by atoms with Gasteiger partial charge in [-0.3, -0.25) is 0 Å². The van der Waals surface area contributed by atoms with E-state index in [-0.39, 0.29) is 0 Å². The Kier molecular flexibility index (Phi) is 5.68. The number of hydrogen-bond acceptors (Lipinski definition) is 2. The molecular formula is C12H24S2. The number of thioether (sulfide) groups is 2. The smallest absolute Gasteiger partial charge is 0.0154 e. The average molecular weight is 232 g/mol. The van der Waals surface area contributed by atoms with E-state index < -0.39 is 0 Å². The van der Waals surface area contributed by atoms with E-state index in [1.54, 1.807) is 0 Å². The molecule has 0 saturated carbocycles. The third-order valence-electron chi connectivity index (χ3n) is 1.42. The second kappa shape index (κ2) is 5.50. The van der Waals surface area contributed by atoms with Crippen LogP contribution in [-0.4, -0.2) is 21.0 Å². The Hall–Kier alpha value is 0.440. The van der Waals surface area contributed by atoms with Crippen LogP contribution in [0.4, 0.5) is 0 Å². The van der Waals surface area contributed by atoms with Gasteiger partial charge >= 0.3 is 0 Å². The van der Waals surface area contributed by atoms with Crippen LogP contribution in [0, 0.1) is 0 Å². The Morgan fingerprint density at radius 3 is 1.36 bits per heavy atom. The molecule has 2 heteroatoms. The van der Waals surface area contributed by atoms with Crippen molar-refractivity contribution in [2.75, 3.05) is 11.5 Å². The Morgan fingerprint density at radius 2 is 1.14 bits per heavy atom. The fraction of sp³-hybridized carbons (Fsp3) is 0.833. The molecule has 0 aromatic heterocycles. The molecule has 0 spiro atoms. The fourth-order valence-corrected chi connectivity index (χ4v) is 2.29. The van der Waals surface area contributed by atoms with Crippen molar-refractivity contribution in [2.24, 2.45) is 0 Å². The molecule has 0 nitrogen and oxygen atoms in total. The van der Waals surface area contributed by atoms with Gasteiger partial charge in [-0.1, -0.05) is 53.7 Å². The molecule has 14 heavy (non-hydrogen) atoms. The summed E-state index contributed by atoms with van der Waals surface area (Å²) < 4.78 is 0.713. The zero-order valence-corrected chi connectivity index (χ0v) is 12.1. The molecule has 0 radical (unpaired) electrons. The summed E-state index contributed by atoms with van der Waals surface area (Å²) in [6.07, 6.45) is 0. The quantitative estimate of drug-likeness (QED) is 0.649. The second-order valence-corrected chi connectivity index (χ2v) is 9.16. The minimum absolute atomic E-state index is 0.356. The molecule has 0 bridgehead atoms. The van der Waals surface area contributed by atoms with E-state index in [0.717, 1.165) is 11.5 Å². The van der Waals surface area contributed by atoms with Crippen molar-refractivity contribution >= 4 is 23.5 Å². The molecule has 0 fully saturated rings. The first-order chi connectivity index (χ1) is 6.10. The van der Waals surface area contributed by atoms with Crippen LogP contribution < -0.4 is 0 Å². The second-order valence-electron chi connectivity index (χ2n) is 5.55. The Labute approximate surface area is 98.3 Å². The van der Waals surface area contributed by atoms with Gasteiger partial charge in [0.15, 0.2) is 0 Å². The highest BCUT2D eigenvalue weighted by atomic mass is 32.2. The highest BCUT2D eigenvalue weighted by Gasteiger charge is 2.13. The summed E-state index contributed by atoms with van der Waals surface area (Å²) in [6.45, 7) is 17.6. The summed E-state index contributed by atoms with van der Waals surface area (Å²) in [5.41, 5.74) is 1.35. The van der Waals surface area contributed by atoms with E-state index in [1.165, 1.54) is 5.57 Å². The predicted molar refractivity (Wildman–Crippen MR) is 73.6 cm³/mol. The molecule has 0 atom stereocenters. The lowest BCUT2D eigenvalue weighted by Crippen LogP contribution is -2.12. The molecule has 0 amide bonds. The van der Waals surface area contributed by atoms with Gasteiger partial charge in [-0.2, -0.15) is 23.5 Å². The number of rotatable bonds is 4. The average Bonchev–Trinajstić information content (AvgIpc) is 1.94. The Morgan fingerprint density at radius 1 is 0.857 bits per heavy atom. The SMILES string of the molecule is C=C(CSC(C)(C)C)CSC(C)(C)C. The van der Waals surface area contributed by atoms with Crippen LogP contribution in [-0.2, 0) is 0 Å². The molecule has 84 valence electrons. The maximum Gasteiger partial charge on any atom is 0.0154 e. The molecule has 0 N–H and O–H groups in total. The third kappa shape index (κ3) is 10.5. The summed E-state index contributed by atoms with van der Waals surface area (Å²) in [6, 6.07) is 0. The maximum atomic E-state index is 4.12. The van der Waals surface area contributed by atoms with E-state index in [4.69, 9.17) is 0 Å². The van der Waals surface area contributed by atoms with Gasteiger partial charge in [0.25, 0.3) is 0 Å². The largest absolute Gasteiger partial charge is 0.152 e. The lowest BCUT2D eigenvalue weighted by molar-refractivity contribution is 0.802. The first kappa shape index (κ1) is 14.4. The van der Waals surface area contributed by atoms with Crippen LogP contribution in [0.3, 0.4) is 0 Å². The van der Waals surface area contributed by atoms with Gasteiger partial charge in [0, 0.05) is 21.0 Å². The highest BCUT2D eigenvalue weighted by Crippen LogP contribution is 2.29. The molecule has 0 aliphatic rings. The number of hydrogen-bond donors (Lipinski definition) is 0. The van der Waals surface area contributed by atoms with Crippen LogP contribution in [0.15, 0.2) is 12.2 Å². The lowest BCUT2D eigenvalue weighted by Gasteiger charge is -2.21. The third-order valence-corrected chi connectivity index (χ3v) is 4.26. The van der Waals surface area contributed by atoms with Gasteiger partial charge in [-0.15, -0.1) is 0 Å². The Bertz CT molecular complexity index is 161. The first-order valence-corrected chi connectivity index (χ1v) is 7.02. The summed E-state index contributed by atoms with van der Waals surface area (Å²) in [4.78, 5) is 0. The van der Waals surface area contributed by atoms with Crippen molar-refractivity contribution in [3.8, 4) is 0 Å². The van der Waals surface area contributed by atoms with E-state index in [0.29, 0.717) is 9.49 Å². The molecule has 0 unspecified atom stereocenters. The van der Waals surface area contributed by atoms with Gasteiger partial charge in [-0.25, -0.2) is 0 Å². The van der Waals surface area contributed by atoms with Crippen molar-refractivity contribution in [1.82, 2.24) is 0 Å². The molecule has 0 aliphatic carbocycles. The lowest BCUT2D eigenvalue weighted by atomic mass is 10.3. The zero-order valence-electron chi connectivity index (χ0n) is 10.4. The molecule has 0 aromatic rings. The molecular weight excluding hydrogens is 208 g/mol. The van der Waals surface area contributed by atoms with Gasteiger partial charge in [0.2, 0.25) is 0 Å². The van der Waals surface area contributed by atoms with Crippen molar-refractivity contribution in [3.63, 3.8) is 0 Å². The van der Waals surface area contributed by atoms with E-state index in [9.17, 15) is 0 Å². The fourth-order valence-electron chi connectivity index (χ4n) is 0.679. The summed E-state index contributed by atoms with van der Waals surface area (Å²) in [5.74, 6) is 2.18. The normalized spacial score (nSPS) is 13.0. The van der Waals surface area contributed by atoms with E-state index in [1.807, 2.05) is 23.5 Å². The topological polar surface area (TPSA) is 0 Å². The van der Waals surface area contributed by atoms with Crippen LogP contribution >= 0.6 is 23.5 Å². The molecule has 0 rings (SSSR count). The molecule has 0 aliphatic heterocycles. The van der Waals surface area contributed by atoms with Gasteiger partial charge in [-0.05, 0) is 0 Å². The van der Waals surface area contributed by atoms with Crippen molar-refractivity contribution in [3.05, 3.63) is 12.2 Å². The van der Waals surface area contributed by atoms with Gasteiger partial charge in [0.05, 0.1) is 0 Å². The summed E-state index contributed by atoms with van der Waals surface area (Å²) in [5, 5.41) is 0. The van der Waals surface area contributed by atoms with Crippen molar-refractivity contribution in [2.45, 2.75) is 51.0 Å².